The third kappa shape index (κ3) is 28.2. The number of amides is 2. The zero-order valence-electron chi connectivity index (χ0n) is 30.2. The maximum Gasteiger partial charge on any atom is 0.441 e. The van der Waals surface area contributed by atoms with E-state index in [9.17, 15) is 9.59 Å². The molecule has 6 heteroatoms. The zero-order chi connectivity index (χ0) is 32.4. The van der Waals surface area contributed by atoms with Crippen LogP contribution in [0.4, 0.5) is 4.79 Å². The molecule has 44 heavy (non-hydrogen) atoms. The second-order valence-electron chi connectivity index (χ2n) is 13.1. The molecule has 0 radical (unpaired) electrons. The molecule has 0 N–H and O–H groups in total. The Bertz CT molecular complexity index is 532. The molecular weight excluding hydrogens is 548 g/mol. The van der Waals surface area contributed by atoms with Gasteiger partial charge in [-0.15, -0.1) is 0 Å². The van der Waals surface area contributed by atoms with Crippen molar-refractivity contribution in [1.82, 2.24) is 9.80 Å². The van der Waals surface area contributed by atoms with E-state index in [2.05, 4.69) is 32.6 Å². The molecule has 0 unspecified atom stereocenters. The summed E-state index contributed by atoms with van der Waals surface area (Å²) in [5, 5.41) is 0. The van der Waals surface area contributed by atoms with Gasteiger partial charge in [0.15, 0.2) is 0 Å². The van der Waals surface area contributed by atoms with Crippen LogP contribution >= 0.6 is 0 Å². The summed E-state index contributed by atoms with van der Waals surface area (Å²) >= 11 is 0. The zero-order valence-corrected chi connectivity index (χ0v) is 30.2. The average Bonchev–Trinajstić information content (AvgIpc) is 3.03. The summed E-state index contributed by atoms with van der Waals surface area (Å²) in [7, 11) is 0. The highest BCUT2D eigenvalue weighted by Gasteiger charge is 2.16. The fourth-order valence-corrected chi connectivity index (χ4v) is 5.73. The van der Waals surface area contributed by atoms with Crippen molar-refractivity contribution in [3.63, 3.8) is 0 Å². The largest absolute Gasteiger partial charge is 0.441 e. The highest BCUT2D eigenvalue weighted by Crippen LogP contribution is 2.13. The van der Waals surface area contributed by atoms with Gasteiger partial charge in [-0.2, -0.15) is 4.89 Å². The number of hydrogen-bond donors (Lipinski definition) is 0. The lowest BCUT2D eigenvalue weighted by Crippen LogP contribution is -2.33. The molecule has 0 saturated carbocycles. The van der Waals surface area contributed by atoms with E-state index in [0.717, 1.165) is 77.5 Å². The van der Waals surface area contributed by atoms with Crippen LogP contribution in [0.5, 0.6) is 0 Å². The van der Waals surface area contributed by atoms with Crippen molar-refractivity contribution in [2.75, 3.05) is 32.8 Å². The summed E-state index contributed by atoms with van der Waals surface area (Å²) in [6.45, 7) is 12.6. The normalized spacial score (nSPS) is 11.2. The van der Waals surface area contributed by atoms with Gasteiger partial charge in [-0.25, -0.2) is 4.79 Å². The fraction of sp³-hybridized carbons (Fsp3) is 0.947. The molecule has 0 aromatic heterocycles. The van der Waals surface area contributed by atoms with Gasteiger partial charge < -0.3 is 9.80 Å². The van der Waals surface area contributed by atoms with Crippen LogP contribution in [0.25, 0.3) is 0 Å². The number of rotatable bonds is 34. The lowest BCUT2D eigenvalue weighted by molar-refractivity contribution is -0.246. The molecule has 0 bridgehead atoms. The minimum Gasteiger partial charge on any atom is -0.343 e. The summed E-state index contributed by atoms with van der Waals surface area (Å²) in [5.41, 5.74) is 0. The molecule has 0 heterocycles. The van der Waals surface area contributed by atoms with Crippen molar-refractivity contribution in [3.05, 3.63) is 0 Å². The minimum atomic E-state index is -0.354. The first-order chi connectivity index (χ1) is 21.6. The molecule has 0 fully saturated rings. The highest BCUT2D eigenvalue weighted by atomic mass is 17.2. The van der Waals surface area contributed by atoms with Crippen molar-refractivity contribution in [1.29, 1.82) is 0 Å². The van der Waals surface area contributed by atoms with E-state index in [-0.39, 0.29) is 12.0 Å². The van der Waals surface area contributed by atoms with Gasteiger partial charge in [-0.1, -0.05) is 156 Å². The van der Waals surface area contributed by atoms with Gasteiger partial charge in [0, 0.05) is 32.6 Å². The van der Waals surface area contributed by atoms with E-state index < -0.39 is 0 Å². The van der Waals surface area contributed by atoms with Gasteiger partial charge in [-0.3, -0.25) is 9.68 Å². The van der Waals surface area contributed by atoms with E-state index in [1.807, 2.05) is 4.90 Å². The molecular formula is C38H76N2O4. The fourth-order valence-electron chi connectivity index (χ4n) is 5.73. The van der Waals surface area contributed by atoms with Gasteiger partial charge >= 0.3 is 6.09 Å². The Hall–Kier alpha value is -1.30. The molecule has 0 aliphatic carbocycles. The topological polar surface area (TPSA) is 59.1 Å². The van der Waals surface area contributed by atoms with Crippen LogP contribution in [0, 0.1) is 0 Å². The van der Waals surface area contributed by atoms with Crippen molar-refractivity contribution < 1.29 is 19.4 Å². The second kappa shape index (κ2) is 34.6. The Kier molecular flexibility index (Phi) is 33.5. The third-order valence-corrected chi connectivity index (χ3v) is 8.74. The van der Waals surface area contributed by atoms with Crippen molar-refractivity contribution in [2.24, 2.45) is 0 Å². The number of unbranched alkanes of at least 4 members (excludes halogenated alkanes) is 21. The number of carbonyl (C=O) groups excluding carboxylic acids is 2. The number of carbonyl (C=O) groups is 2. The van der Waals surface area contributed by atoms with Crippen LogP contribution in [-0.2, 0) is 14.6 Å². The monoisotopic (exact) mass is 625 g/mol. The SMILES string of the molecule is CCCCCCCCN(CCCCCCCC)C(=O)CCCCOOC(=O)N(CCCCCCCC)CCCCCCCC. The smallest absolute Gasteiger partial charge is 0.343 e. The third-order valence-electron chi connectivity index (χ3n) is 8.74. The summed E-state index contributed by atoms with van der Waals surface area (Å²) in [5.74, 6) is 0.271. The van der Waals surface area contributed by atoms with Crippen LogP contribution in [0.15, 0.2) is 0 Å². The van der Waals surface area contributed by atoms with Gasteiger partial charge in [0.2, 0.25) is 5.91 Å². The van der Waals surface area contributed by atoms with E-state index >= 15 is 0 Å². The Morgan fingerprint density at radius 1 is 0.409 bits per heavy atom. The van der Waals surface area contributed by atoms with Gasteiger partial charge in [0.05, 0.1) is 6.61 Å². The number of nitrogens with zero attached hydrogens (tertiary/aromatic N) is 2. The molecule has 0 aliphatic heterocycles. The molecule has 0 spiro atoms. The number of hydrogen-bond acceptors (Lipinski definition) is 4. The maximum atomic E-state index is 13.1. The Labute approximate surface area is 274 Å². The predicted molar refractivity (Wildman–Crippen MR) is 188 cm³/mol. The van der Waals surface area contributed by atoms with Crippen LogP contribution in [-0.4, -0.2) is 54.6 Å². The highest BCUT2D eigenvalue weighted by molar-refractivity contribution is 5.76. The quantitative estimate of drug-likeness (QED) is 0.0406. The lowest BCUT2D eigenvalue weighted by atomic mass is 10.1. The van der Waals surface area contributed by atoms with Crippen LogP contribution in [0.3, 0.4) is 0 Å². The average molecular weight is 625 g/mol. The van der Waals surface area contributed by atoms with Gasteiger partial charge in [0.25, 0.3) is 0 Å². The molecule has 0 saturated heterocycles. The molecule has 0 atom stereocenters. The summed E-state index contributed by atoms with van der Waals surface area (Å²) in [4.78, 5) is 40.4. The Morgan fingerprint density at radius 2 is 0.750 bits per heavy atom. The summed E-state index contributed by atoms with van der Waals surface area (Å²) in [6, 6.07) is 0. The van der Waals surface area contributed by atoms with E-state index in [0.29, 0.717) is 13.0 Å². The Balaban J connectivity index is 4.43. The molecule has 6 nitrogen and oxygen atoms in total. The predicted octanol–water partition coefficient (Wildman–Crippen LogP) is 11.8. The van der Waals surface area contributed by atoms with Crippen molar-refractivity contribution >= 4 is 12.0 Å². The lowest BCUT2D eigenvalue weighted by Gasteiger charge is -2.23. The summed E-state index contributed by atoms with van der Waals surface area (Å²) < 4.78 is 0. The first kappa shape index (κ1) is 42.7. The van der Waals surface area contributed by atoms with Crippen molar-refractivity contribution in [3.8, 4) is 0 Å². The molecule has 0 aliphatic rings. The maximum absolute atomic E-state index is 13.1. The van der Waals surface area contributed by atoms with Crippen LogP contribution in [0.2, 0.25) is 0 Å². The first-order valence-corrected chi connectivity index (χ1v) is 19.5. The van der Waals surface area contributed by atoms with E-state index in [1.165, 1.54) is 116 Å². The molecule has 2 amide bonds. The van der Waals surface area contributed by atoms with E-state index in [4.69, 9.17) is 9.78 Å². The van der Waals surface area contributed by atoms with Crippen LogP contribution in [0.1, 0.15) is 201 Å². The van der Waals surface area contributed by atoms with Crippen LogP contribution < -0.4 is 0 Å². The van der Waals surface area contributed by atoms with Gasteiger partial charge in [0.1, 0.15) is 0 Å². The first-order valence-electron chi connectivity index (χ1n) is 19.5. The molecule has 262 valence electrons. The minimum absolute atomic E-state index is 0.271. The van der Waals surface area contributed by atoms with Crippen molar-refractivity contribution in [2.45, 2.75) is 201 Å². The molecule has 0 aromatic rings. The van der Waals surface area contributed by atoms with Gasteiger partial charge in [-0.05, 0) is 38.5 Å². The second-order valence-corrected chi connectivity index (χ2v) is 13.1. The molecule has 0 aromatic carbocycles. The standard InChI is InChI=1S/C38H76N2O4/c1-5-9-13-17-21-26-32-39(33-27-22-18-14-10-6-2)37(41)31-25-30-36-43-44-38(42)40(34-28-23-19-15-11-7-3)35-29-24-20-16-12-8-4/h5-36H2,1-4H3. The summed E-state index contributed by atoms with van der Waals surface area (Å²) in [6.07, 6.45) is 31.1. The molecule has 0 rings (SSSR count). The van der Waals surface area contributed by atoms with E-state index in [1.54, 1.807) is 0 Å². The Morgan fingerprint density at radius 3 is 1.14 bits per heavy atom.